The summed E-state index contributed by atoms with van der Waals surface area (Å²) in [5.41, 5.74) is 1.70. The highest BCUT2D eigenvalue weighted by atomic mass is 32.2. The zero-order valence-corrected chi connectivity index (χ0v) is 16.6. The van der Waals surface area contributed by atoms with Crippen molar-refractivity contribution in [3.05, 3.63) is 60.2 Å². The Morgan fingerprint density at radius 3 is 2.64 bits per heavy atom. The summed E-state index contributed by atoms with van der Waals surface area (Å²) in [6.07, 6.45) is 0.530. The van der Waals surface area contributed by atoms with Crippen LogP contribution < -0.4 is 20.7 Å². The maximum Gasteiger partial charge on any atom is 0.225 e. The molecule has 1 saturated heterocycles. The predicted molar refractivity (Wildman–Crippen MR) is 112 cm³/mol. The molecule has 2 aromatic rings. The first-order chi connectivity index (χ1) is 13.6. The fourth-order valence-corrected chi connectivity index (χ4v) is 4.01. The molecule has 6 nitrogen and oxygen atoms in total. The Kier molecular flexibility index (Phi) is 7.33. The molecule has 1 aliphatic heterocycles. The number of amides is 2. The molecule has 28 heavy (non-hydrogen) atoms. The van der Waals surface area contributed by atoms with Crippen LogP contribution in [0.15, 0.2) is 54.6 Å². The van der Waals surface area contributed by atoms with E-state index in [1.165, 1.54) is 5.56 Å². The molecule has 3 N–H and O–H groups in total. The van der Waals surface area contributed by atoms with Crippen molar-refractivity contribution in [1.82, 2.24) is 10.6 Å². The first-order valence-electron chi connectivity index (χ1n) is 9.36. The Morgan fingerprint density at radius 1 is 1.18 bits per heavy atom. The predicted octanol–water partition coefficient (Wildman–Crippen LogP) is 3.11. The summed E-state index contributed by atoms with van der Waals surface area (Å²) in [5, 5.41) is 9.14. The molecular weight excluding hydrogens is 374 g/mol. The zero-order chi connectivity index (χ0) is 19.8. The van der Waals surface area contributed by atoms with Crippen LogP contribution in [-0.4, -0.2) is 30.0 Å². The third-order valence-corrected chi connectivity index (χ3v) is 5.34. The van der Waals surface area contributed by atoms with Gasteiger partial charge in [0.1, 0.15) is 11.2 Å². The molecule has 148 valence electrons. The second-order valence-electron chi connectivity index (χ2n) is 6.52. The van der Waals surface area contributed by atoms with Gasteiger partial charge in [0.05, 0.1) is 6.61 Å². The highest BCUT2D eigenvalue weighted by molar-refractivity contribution is 7.99. The van der Waals surface area contributed by atoms with Crippen molar-refractivity contribution in [2.75, 3.05) is 11.9 Å². The second-order valence-corrected chi connectivity index (χ2v) is 7.61. The number of benzene rings is 2. The summed E-state index contributed by atoms with van der Waals surface area (Å²) in [7, 11) is 0. The summed E-state index contributed by atoms with van der Waals surface area (Å²) < 4.78 is 5.40. The molecule has 0 aliphatic carbocycles. The lowest BCUT2D eigenvalue weighted by Gasteiger charge is -2.31. The quantitative estimate of drug-likeness (QED) is 0.636. The third-order valence-electron chi connectivity index (χ3n) is 4.25. The molecule has 0 aromatic heterocycles. The van der Waals surface area contributed by atoms with E-state index in [0.717, 1.165) is 11.5 Å². The average molecular weight is 400 g/mol. The maximum absolute atomic E-state index is 12.4. The lowest BCUT2D eigenvalue weighted by molar-refractivity contribution is -0.124. The number of anilines is 1. The lowest BCUT2D eigenvalue weighted by atomic mass is 10.1. The molecule has 1 fully saturated rings. The van der Waals surface area contributed by atoms with E-state index in [4.69, 9.17) is 4.74 Å². The van der Waals surface area contributed by atoms with Crippen LogP contribution in [0.5, 0.6) is 5.75 Å². The van der Waals surface area contributed by atoms with Gasteiger partial charge in [-0.15, -0.1) is 11.8 Å². The van der Waals surface area contributed by atoms with Crippen molar-refractivity contribution in [3.8, 4) is 5.75 Å². The zero-order valence-electron chi connectivity index (χ0n) is 15.8. The first-order valence-corrected chi connectivity index (χ1v) is 10.4. The van der Waals surface area contributed by atoms with Crippen molar-refractivity contribution in [1.29, 1.82) is 0 Å². The fraction of sp³-hybridized carbons (Fsp3) is 0.333. The minimum Gasteiger partial charge on any atom is -0.494 e. The molecule has 2 aromatic carbocycles. The van der Waals surface area contributed by atoms with Crippen LogP contribution in [0.2, 0.25) is 0 Å². The van der Waals surface area contributed by atoms with E-state index in [2.05, 4.69) is 28.1 Å². The number of hydrogen-bond acceptors (Lipinski definition) is 5. The van der Waals surface area contributed by atoms with E-state index in [-0.39, 0.29) is 29.8 Å². The standard InChI is InChI=1S/C21H25N3O3S/c1-2-27-18-10-8-16(9-11-18)22-19(25)12-17-13-20(26)24-21(23-17)28-14-15-6-4-3-5-7-15/h3-11,17,21,23H,2,12-14H2,1H3,(H,22,25)(H,24,26). The van der Waals surface area contributed by atoms with Crippen molar-refractivity contribution < 1.29 is 14.3 Å². The Bertz CT molecular complexity index is 783. The van der Waals surface area contributed by atoms with E-state index in [9.17, 15) is 9.59 Å². The highest BCUT2D eigenvalue weighted by Crippen LogP contribution is 2.20. The largest absolute Gasteiger partial charge is 0.494 e. The summed E-state index contributed by atoms with van der Waals surface area (Å²) in [6, 6.07) is 17.2. The number of hydrogen-bond donors (Lipinski definition) is 3. The lowest BCUT2D eigenvalue weighted by Crippen LogP contribution is -2.55. The summed E-state index contributed by atoms with van der Waals surface area (Å²) in [5.74, 6) is 1.39. The van der Waals surface area contributed by atoms with Gasteiger partial charge < -0.3 is 15.4 Å². The van der Waals surface area contributed by atoms with Crippen molar-refractivity contribution in [2.45, 2.75) is 37.1 Å². The fourth-order valence-electron chi connectivity index (χ4n) is 2.96. The number of carbonyl (C=O) groups excluding carboxylic acids is 2. The van der Waals surface area contributed by atoms with E-state index in [1.54, 1.807) is 11.8 Å². The Morgan fingerprint density at radius 2 is 1.93 bits per heavy atom. The maximum atomic E-state index is 12.4. The molecule has 2 unspecified atom stereocenters. The summed E-state index contributed by atoms with van der Waals surface area (Å²) in [6.45, 7) is 2.53. The first kappa shape index (κ1) is 20.2. The molecule has 2 atom stereocenters. The van der Waals surface area contributed by atoms with Gasteiger partial charge in [0.25, 0.3) is 0 Å². The van der Waals surface area contributed by atoms with Gasteiger partial charge in [0, 0.05) is 30.3 Å². The summed E-state index contributed by atoms with van der Waals surface area (Å²) in [4.78, 5) is 24.4. The topological polar surface area (TPSA) is 79.5 Å². The monoisotopic (exact) mass is 399 g/mol. The molecule has 0 saturated carbocycles. The Hall–Kier alpha value is -2.51. The molecule has 3 rings (SSSR count). The van der Waals surface area contributed by atoms with Gasteiger partial charge in [-0.05, 0) is 36.8 Å². The van der Waals surface area contributed by atoms with Crippen LogP contribution in [0.1, 0.15) is 25.3 Å². The molecule has 1 aliphatic rings. The minimum absolute atomic E-state index is 0.0387. The van der Waals surface area contributed by atoms with Crippen molar-refractivity contribution in [2.24, 2.45) is 0 Å². The van der Waals surface area contributed by atoms with E-state index < -0.39 is 0 Å². The molecule has 1 heterocycles. The van der Waals surface area contributed by atoms with Gasteiger partial charge in [-0.3, -0.25) is 14.9 Å². The number of carbonyl (C=O) groups is 2. The van der Waals surface area contributed by atoms with Crippen LogP contribution in [0.25, 0.3) is 0 Å². The van der Waals surface area contributed by atoms with Gasteiger partial charge in [0.15, 0.2) is 0 Å². The van der Waals surface area contributed by atoms with E-state index in [1.807, 2.05) is 49.4 Å². The molecule has 0 spiro atoms. The number of nitrogens with one attached hydrogen (secondary N) is 3. The molecule has 0 bridgehead atoms. The average Bonchev–Trinajstić information content (AvgIpc) is 2.68. The minimum atomic E-state index is -0.204. The number of rotatable bonds is 8. The highest BCUT2D eigenvalue weighted by Gasteiger charge is 2.27. The van der Waals surface area contributed by atoms with Crippen molar-refractivity contribution >= 4 is 29.3 Å². The van der Waals surface area contributed by atoms with Crippen LogP contribution >= 0.6 is 11.8 Å². The van der Waals surface area contributed by atoms with Gasteiger partial charge in [-0.2, -0.15) is 0 Å². The second kappa shape index (κ2) is 10.1. The SMILES string of the molecule is CCOc1ccc(NC(=O)CC2CC(=O)NC(SCc3ccccc3)N2)cc1. The van der Waals surface area contributed by atoms with Gasteiger partial charge in [0.2, 0.25) is 11.8 Å². The van der Waals surface area contributed by atoms with E-state index in [0.29, 0.717) is 18.7 Å². The van der Waals surface area contributed by atoms with Crippen LogP contribution in [0.4, 0.5) is 5.69 Å². The molecule has 0 radical (unpaired) electrons. The number of thioether (sulfide) groups is 1. The van der Waals surface area contributed by atoms with Gasteiger partial charge >= 0.3 is 0 Å². The van der Waals surface area contributed by atoms with Gasteiger partial charge in [-0.1, -0.05) is 30.3 Å². The third kappa shape index (κ3) is 6.28. The molecule has 2 amide bonds. The normalized spacial score (nSPS) is 19.0. The Balaban J connectivity index is 1.48. The molecule has 7 heteroatoms. The van der Waals surface area contributed by atoms with E-state index >= 15 is 0 Å². The van der Waals surface area contributed by atoms with Crippen molar-refractivity contribution in [3.63, 3.8) is 0 Å². The van der Waals surface area contributed by atoms with Crippen LogP contribution in [0.3, 0.4) is 0 Å². The molecular formula is C21H25N3O3S. The van der Waals surface area contributed by atoms with Gasteiger partial charge in [-0.25, -0.2) is 0 Å². The van der Waals surface area contributed by atoms with Crippen LogP contribution in [0, 0.1) is 0 Å². The Labute approximate surface area is 169 Å². The smallest absolute Gasteiger partial charge is 0.225 e. The van der Waals surface area contributed by atoms with Crippen LogP contribution in [-0.2, 0) is 15.3 Å². The number of ether oxygens (including phenoxy) is 1. The summed E-state index contributed by atoms with van der Waals surface area (Å²) >= 11 is 1.61.